The Labute approximate surface area is 179 Å². The van der Waals surface area contributed by atoms with Gasteiger partial charge in [-0.15, -0.1) is 24.0 Å². The number of carbonyl (C=O) groups is 1. The summed E-state index contributed by atoms with van der Waals surface area (Å²) in [6, 6.07) is 3.96. The fraction of sp³-hybridized carbons (Fsp3) is 0.684. The van der Waals surface area contributed by atoms with Gasteiger partial charge >= 0.3 is 0 Å². The average Bonchev–Trinajstić information content (AvgIpc) is 3.32. The molecule has 0 bridgehead atoms. The largest absolute Gasteiger partial charge is 0.469 e. The van der Waals surface area contributed by atoms with E-state index in [4.69, 9.17) is 9.41 Å². The lowest BCUT2D eigenvalue weighted by molar-refractivity contribution is -0.136. The second-order valence-electron chi connectivity index (χ2n) is 7.02. The second kappa shape index (κ2) is 10.9. The van der Waals surface area contributed by atoms with Crippen molar-refractivity contribution in [3.8, 4) is 0 Å². The molecule has 1 amide bonds. The summed E-state index contributed by atoms with van der Waals surface area (Å²) in [5.74, 6) is 2.19. The number of nitrogens with one attached hydrogen (secondary N) is 1. The standard InChI is InChI=1S/C19H31N5O2.HI/c1-3-20-19(21-9-8-16-6-5-15-26-16)24-13-11-23(12-14-24)18(25)17-7-4-10-22(17)2;/h5-6,15,17H,3-4,7-14H2,1-2H3,(H,20,21);1H. The summed E-state index contributed by atoms with van der Waals surface area (Å²) in [5, 5.41) is 3.37. The minimum atomic E-state index is 0. The first-order chi connectivity index (χ1) is 12.7. The molecule has 3 heterocycles. The van der Waals surface area contributed by atoms with Crippen molar-refractivity contribution in [3.63, 3.8) is 0 Å². The maximum absolute atomic E-state index is 12.7. The monoisotopic (exact) mass is 489 g/mol. The van der Waals surface area contributed by atoms with Crippen LogP contribution in [0, 0.1) is 0 Å². The lowest BCUT2D eigenvalue weighted by Crippen LogP contribution is -2.56. The first-order valence-electron chi connectivity index (χ1n) is 9.73. The number of hydrogen-bond donors (Lipinski definition) is 1. The molecule has 0 spiro atoms. The van der Waals surface area contributed by atoms with Crippen molar-refractivity contribution in [1.29, 1.82) is 0 Å². The Kier molecular flexibility index (Phi) is 8.88. The van der Waals surface area contributed by atoms with Crippen molar-refractivity contribution >= 4 is 35.8 Å². The first kappa shape index (κ1) is 22.0. The zero-order valence-electron chi connectivity index (χ0n) is 16.4. The van der Waals surface area contributed by atoms with E-state index in [-0.39, 0.29) is 30.0 Å². The highest BCUT2D eigenvalue weighted by atomic mass is 127. The second-order valence-corrected chi connectivity index (χ2v) is 7.02. The van der Waals surface area contributed by atoms with E-state index in [1.807, 2.05) is 17.0 Å². The predicted molar refractivity (Wildman–Crippen MR) is 118 cm³/mol. The Morgan fingerprint density at radius 1 is 1.26 bits per heavy atom. The highest BCUT2D eigenvalue weighted by Crippen LogP contribution is 2.18. The van der Waals surface area contributed by atoms with Gasteiger partial charge in [-0.1, -0.05) is 0 Å². The maximum atomic E-state index is 12.7. The molecule has 0 aromatic carbocycles. The number of likely N-dealkylation sites (N-methyl/N-ethyl adjacent to an activating group) is 1. The number of likely N-dealkylation sites (tertiary alicyclic amines) is 1. The third-order valence-electron chi connectivity index (χ3n) is 5.23. The molecule has 2 aliphatic heterocycles. The fourth-order valence-electron chi connectivity index (χ4n) is 3.72. The molecule has 152 valence electrons. The molecule has 1 aromatic heterocycles. The molecule has 2 aliphatic rings. The van der Waals surface area contributed by atoms with Crippen LogP contribution in [0.3, 0.4) is 0 Å². The van der Waals surface area contributed by atoms with Gasteiger partial charge in [0, 0.05) is 45.7 Å². The highest BCUT2D eigenvalue weighted by molar-refractivity contribution is 14.0. The zero-order valence-corrected chi connectivity index (χ0v) is 18.7. The molecule has 1 N–H and O–H groups in total. The fourth-order valence-corrected chi connectivity index (χ4v) is 3.72. The van der Waals surface area contributed by atoms with E-state index in [0.29, 0.717) is 12.5 Å². The smallest absolute Gasteiger partial charge is 0.240 e. The number of amides is 1. The van der Waals surface area contributed by atoms with Gasteiger partial charge in [-0.25, -0.2) is 0 Å². The summed E-state index contributed by atoms with van der Waals surface area (Å²) in [4.78, 5) is 23.9. The van der Waals surface area contributed by atoms with Gasteiger partial charge in [-0.05, 0) is 45.5 Å². The number of halogens is 1. The van der Waals surface area contributed by atoms with Gasteiger partial charge in [0.25, 0.3) is 0 Å². The van der Waals surface area contributed by atoms with Crippen LogP contribution in [-0.4, -0.2) is 85.5 Å². The van der Waals surface area contributed by atoms with E-state index in [1.54, 1.807) is 6.26 Å². The SMILES string of the molecule is CCNC(=NCCc1ccco1)N1CCN(C(=O)C2CCCN2C)CC1.I. The van der Waals surface area contributed by atoms with Crippen molar-refractivity contribution in [3.05, 3.63) is 24.2 Å². The maximum Gasteiger partial charge on any atom is 0.240 e. The van der Waals surface area contributed by atoms with Crippen LogP contribution in [0.1, 0.15) is 25.5 Å². The van der Waals surface area contributed by atoms with Crippen molar-refractivity contribution in [1.82, 2.24) is 20.0 Å². The molecule has 0 radical (unpaired) electrons. The van der Waals surface area contributed by atoms with Crippen LogP contribution < -0.4 is 5.32 Å². The summed E-state index contributed by atoms with van der Waals surface area (Å²) < 4.78 is 5.37. The Morgan fingerprint density at radius 2 is 2.00 bits per heavy atom. The van der Waals surface area contributed by atoms with Crippen molar-refractivity contribution in [2.75, 3.05) is 52.9 Å². The van der Waals surface area contributed by atoms with Gasteiger partial charge in [-0.3, -0.25) is 14.7 Å². The van der Waals surface area contributed by atoms with E-state index >= 15 is 0 Å². The summed E-state index contributed by atoms with van der Waals surface area (Å²) in [6.45, 7) is 7.84. The molecule has 8 heteroatoms. The lowest BCUT2D eigenvalue weighted by atomic mass is 10.2. The zero-order chi connectivity index (χ0) is 18.4. The molecule has 1 atom stereocenters. The molecule has 2 fully saturated rings. The summed E-state index contributed by atoms with van der Waals surface area (Å²) in [7, 11) is 2.06. The van der Waals surface area contributed by atoms with Gasteiger partial charge < -0.3 is 19.5 Å². The first-order valence-corrected chi connectivity index (χ1v) is 9.73. The molecule has 0 saturated carbocycles. The predicted octanol–water partition coefficient (Wildman–Crippen LogP) is 1.64. The van der Waals surface area contributed by atoms with Gasteiger partial charge in [0.05, 0.1) is 12.3 Å². The molecule has 1 unspecified atom stereocenters. The van der Waals surface area contributed by atoms with E-state index in [0.717, 1.165) is 70.3 Å². The van der Waals surface area contributed by atoms with E-state index in [1.165, 1.54) is 0 Å². The molecule has 1 aromatic rings. The Bertz CT molecular complexity index is 599. The molecular weight excluding hydrogens is 457 g/mol. The number of rotatable bonds is 5. The number of piperazine rings is 1. The van der Waals surface area contributed by atoms with Crippen LogP contribution in [0.5, 0.6) is 0 Å². The minimum Gasteiger partial charge on any atom is -0.469 e. The summed E-state index contributed by atoms with van der Waals surface area (Å²) in [5.41, 5.74) is 0. The van der Waals surface area contributed by atoms with Crippen LogP contribution in [0.4, 0.5) is 0 Å². The Balaban J connectivity index is 0.00000261. The Hall–Kier alpha value is -1.29. The van der Waals surface area contributed by atoms with Crippen LogP contribution in [0.15, 0.2) is 27.8 Å². The topological polar surface area (TPSA) is 64.3 Å². The normalized spacial score (nSPS) is 21.3. The number of carbonyl (C=O) groups excluding carboxylic acids is 1. The summed E-state index contributed by atoms with van der Waals surface area (Å²) >= 11 is 0. The van der Waals surface area contributed by atoms with E-state index in [9.17, 15) is 4.79 Å². The molecule has 0 aliphatic carbocycles. The quantitative estimate of drug-likeness (QED) is 0.387. The summed E-state index contributed by atoms with van der Waals surface area (Å²) in [6.07, 6.45) is 4.61. The van der Waals surface area contributed by atoms with Crippen molar-refractivity contribution in [2.24, 2.45) is 4.99 Å². The molecular formula is C19H32IN5O2. The van der Waals surface area contributed by atoms with Crippen LogP contribution >= 0.6 is 24.0 Å². The third-order valence-corrected chi connectivity index (χ3v) is 5.23. The van der Waals surface area contributed by atoms with Crippen LogP contribution in [0.25, 0.3) is 0 Å². The number of guanidine groups is 1. The molecule has 27 heavy (non-hydrogen) atoms. The molecule has 2 saturated heterocycles. The Morgan fingerprint density at radius 3 is 2.59 bits per heavy atom. The van der Waals surface area contributed by atoms with Crippen molar-refractivity contribution in [2.45, 2.75) is 32.2 Å². The van der Waals surface area contributed by atoms with E-state index < -0.39 is 0 Å². The number of nitrogens with zero attached hydrogens (tertiary/aromatic N) is 4. The van der Waals surface area contributed by atoms with Crippen LogP contribution in [-0.2, 0) is 11.2 Å². The van der Waals surface area contributed by atoms with Gasteiger partial charge in [0.2, 0.25) is 5.91 Å². The molecule has 3 rings (SSSR count). The van der Waals surface area contributed by atoms with Gasteiger partial charge in [0.15, 0.2) is 5.96 Å². The highest BCUT2D eigenvalue weighted by Gasteiger charge is 2.33. The van der Waals surface area contributed by atoms with Gasteiger partial charge in [0.1, 0.15) is 5.76 Å². The van der Waals surface area contributed by atoms with Crippen molar-refractivity contribution < 1.29 is 9.21 Å². The third kappa shape index (κ3) is 5.84. The number of hydrogen-bond acceptors (Lipinski definition) is 4. The lowest BCUT2D eigenvalue weighted by Gasteiger charge is -2.38. The van der Waals surface area contributed by atoms with Crippen LogP contribution in [0.2, 0.25) is 0 Å². The van der Waals surface area contributed by atoms with Gasteiger partial charge in [-0.2, -0.15) is 0 Å². The average molecular weight is 489 g/mol. The number of aliphatic imine (C=N–C) groups is 1. The molecule has 7 nitrogen and oxygen atoms in total. The number of furan rings is 1. The van der Waals surface area contributed by atoms with E-state index in [2.05, 4.69) is 29.1 Å². The minimum absolute atomic E-state index is 0.